The number of benzene rings is 1. The van der Waals surface area contributed by atoms with Crippen molar-refractivity contribution in [2.45, 2.75) is 19.4 Å². The summed E-state index contributed by atoms with van der Waals surface area (Å²) in [4.78, 5) is 23.6. The first-order valence-electron chi connectivity index (χ1n) is 5.53. The Kier molecular flexibility index (Phi) is 3.58. The summed E-state index contributed by atoms with van der Waals surface area (Å²) < 4.78 is 5.13. The molecule has 1 saturated heterocycles. The van der Waals surface area contributed by atoms with Gasteiger partial charge in [-0.3, -0.25) is 4.90 Å². The Morgan fingerprint density at radius 2 is 2.12 bits per heavy atom. The monoisotopic (exact) mass is 231 g/mol. The number of hydrogen-bond acceptors (Lipinski definition) is 3. The van der Waals surface area contributed by atoms with Crippen LogP contribution in [0.4, 0.5) is 4.79 Å². The standard InChI is InChI=1S/C13H13NO3/c15-9-12-7-4-8-14(12)13(16)17-10-11-5-2-1-3-6-11/h1-3,5-6H,4,7-8,10H2. The SMILES string of the molecule is O=C=C1CCCN1C(=O)OCc1ccccc1. The molecule has 17 heavy (non-hydrogen) atoms. The van der Waals surface area contributed by atoms with Crippen LogP contribution in [-0.2, 0) is 16.1 Å². The van der Waals surface area contributed by atoms with E-state index in [-0.39, 0.29) is 6.61 Å². The summed E-state index contributed by atoms with van der Waals surface area (Å²) in [5.74, 6) is 1.78. The second-order valence-electron chi connectivity index (χ2n) is 3.84. The summed E-state index contributed by atoms with van der Waals surface area (Å²) in [6, 6.07) is 9.44. The summed E-state index contributed by atoms with van der Waals surface area (Å²) in [5, 5.41) is 0. The van der Waals surface area contributed by atoms with Crippen molar-refractivity contribution < 1.29 is 14.3 Å². The predicted molar refractivity (Wildman–Crippen MR) is 61.8 cm³/mol. The lowest BCUT2D eigenvalue weighted by atomic mass is 10.2. The van der Waals surface area contributed by atoms with E-state index < -0.39 is 6.09 Å². The fourth-order valence-corrected chi connectivity index (χ4v) is 1.78. The zero-order valence-electron chi connectivity index (χ0n) is 9.39. The highest BCUT2D eigenvalue weighted by Crippen LogP contribution is 2.19. The van der Waals surface area contributed by atoms with E-state index in [2.05, 4.69) is 0 Å². The smallest absolute Gasteiger partial charge is 0.414 e. The lowest BCUT2D eigenvalue weighted by Gasteiger charge is -2.15. The van der Waals surface area contributed by atoms with Crippen molar-refractivity contribution in [3.63, 3.8) is 0 Å². The van der Waals surface area contributed by atoms with Crippen LogP contribution in [0.2, 0.25) is 0 Å². The van der Waals surface area contributed by atoms with Crippen molar-refractivity contribution in [2.75, 3.05) is 6.54 Å². The van der Waals surface area contributed by atoms with E-state index in [1.807, 2.05) is 30.3 Å². The fourth-order valence-electron chi connectivity index (χ4n) is 1.78. The Balaban J connectivity index is 1.92. The van der Waals surface area contributed by atoms with Crippen molar-refractivity contribution >= 4 is 12.0 Å². The third-order valence-electron chi connectivity index (χ3n) is 2.66. The van der Waals surface area contributed by atoms with Gasteiger partial charge in [0.05, 0.1) is 0 Å². The second-order valence-corrected chi connectivity index (χ2v) is 3.84. The third-order valence-corrected chi connectivity index (χ3v) is 2.66. The number of ether oxygens (including phenoxy) is 1. The van der Waals surface area contributed by atoms with Crippen LogP contribution in [0, 0.1) is 0 Å². The van der Waals surface area contributed by atoms with E-state index >= 15 is 0 Å². The maximum absolute atomic E-state index is 11.7. The molecule has 88 valence electrons. The molecule has 0 aromatic heterocycles. The zero-order valence-corrected chi connectivity index (χ0v) is 9.39. The average Bonchev–Trinajstić information content (AvgIpc) is 2.85. The number of amides is 1. The maximum atomic E-state index is 11.7. The molecule has 0 saturated carbocycles. The summed E-state index contributed by atoms with van der Waals surface area (Å²) in [6.45, 7) is 0.764. The maximum Gasteiger partial charge on any atom is 0.414 e. The quantitative estimate of drug-likeness (QED) is 0.732. The Morgan fingerprint density at radius 1 is 1.35 bits per heavy atom. The largest absolute Gasteiger partial charge is 0.444 e. The van der Waals surface area contributed by atoms with E-state index in [0.717, 1.165) is 12.0 Å². The van der Waals surface area contributed by atoms with Crippen LogP contribution in [0.5, 0.6) is 0 Å². The number of allylic oxidation sites excluding steroid dienone is 1. The number of likely N-dealkylation sites (tertiary alicyclic amines) is 1. The molecule has 1 aliphatic rings. The van der Waals surface area contributed by atoms with Crippen LogP contribution in [0.15, 0.2) is 36.0 Å². The minimum absolute atomic E-state index is 0.225. The van der Waals surface area contributed by atoms with Crippen LogP contribution >= 0.6 is 0 Å². The molecule has 1 aromatic rings. The van der Waals surface area contributed by atoms with Crippen molar-refractivity contribution in [3.05, 3.63) is 41.6 Å². The minimum Gasteiger partial charge on any atom is -0.444 e. The van der Waals surface area contributed by atoms with Crippen LogP contribution in [0.3, 0.4) is 0 Å². The van der Waals surface area contributed by atoms with Crippen molar-refractivity contribution in [3.8, 4) is 0 Å². The van der Waals surface area contributed by atoms with Crippen molar-refractivity contribution in [2.24, 2.45) is 0 Å². The van der Waals surface area contributed by atoms with Crippen LogP contribution in [-0.4, -0.2) is 23.5 Å². The predicted octanol–water partition coefficient (Wildman–Crippen LogP) is 2.13. The molecule has 1 aromatic carbocycles. The van der Waals surface area contributed by atoms with E-state index in [1.165, 1.54) is 4.90 Å². The number of hydrogen-bond donors (Lipinski definition) is 0. The molecule has 0 spiro atoms. The van der Waals surface area contributed by atoms with Gasteiger partial charge in [0, 0.05) is 13.0 Å². The first kappa shape index (κ1) is 11.4. The van der Waals surface area contributed by atoms with Gasteiger partial charge in [-0.1, -0.05) is 30.3 Å². The number of nitrogens with zero attached hydrogens (tertiary/aromatic N) is 1. The lowest BCUT2D eigenvalue weighted by Crippen LogP contribution is -2.27. The molecule has 0 bridgehead atoms. The van der Waals surface area contributed by atoms with E-state index in [9.17, 15) is 9.59 Å². The Hall–Kier alpha value is -2.06. The number of rotatable bonds is 2. The van der Waals surface area contributed by atoms with Gasteiger partial charge < -0.3 is 4.74 Å². The van der Waals surface area contributed by atoms with Gasteiger partial charge in [0.25, 0.3) is 0 Å². The fraction of sp³-hybridized carbons (Fsp3) is 0.308. The summed E-state index contributed by atoms with van der Waals surface area (Å²) in [6.07, 6.45) is 0.930. The molecule has 0 aliphatic carbocycles. The van der Waals surface area contributed by atoms with E-state index in [0.29, 0.717) is 18.7 Å². The number of carbonyl (C=O) groups is 1. The number of carbonyl (C=O) groups excluding carboxylic acids is 2. The zero-order chi connectivity index (χ0) is 12.1. The molecule has 1 fully saturated rings. The van der Waals surface area contributed by atoms with Crippen molar-refractivity contribution in [1.29, 1.82) is 0 Å². The Labute approximate surface area is 99.5 Å². The van der Waals surface area contributed by atoms with Crippen LogP contribution in [0.1, 0.15) is 18.4 Å². The Morgan fingerprint density at radius 3 is 2.82 bits per heavy atom. The molecule has 0 N–H and O–H groups in total. The molecule has 4 heteroatoms. The topological polar surface area (TPSA) is 46.6 Å². The molecule has 0 radical (unpaired) electrons. The van der Waals surface area contributed by atoms with E-state index in [1.54, 1.807) is 5.94 Å². The van der Waals surface area contributed by atoms with E-state index in [4.69, 9.17) is 4.74 Å². The summed E-state index contributed by atoms with van der Waals surface area (Å²) in [7, 11) is 0. The van der Waals surface area contributed by atoms with Gasteiger partial charge in [-0.05, 0) is 12.0 Å². The summed E-state index contributed by atoms with van der Waals surface area (Å²) >= 11 is 0. The first-order chi connectivity index (χ1) is 8.31. The highest BCUT2D eigenvalue weighted by Gasteiger charge is 2.25. The van der Waals surface area contributed by atoms with Gasteiger partial charge >= 0.3 is 6.09 Å². The first-order valence-corrected chi connectivity index (χ1v) is 5.53. The van der Waals surface area contributed by atoms with Gasteiger partial charge in [0.2, 0.25) is 0 Å². The van der Waals surface area contributed by atoms with Gasteiger partial charge in [-0.25, -0.2) is 9.59 Å². The molecule has 4 nitrogen and oxygen atoms in total. The molecule has 0 unspecified atom stereocenters. The molecule has 1 amide bonds. The highest BCUT2D eigenvalue weighted by molar-refractivity contribution is 5.74. The average molecular weight is 231 g/mol. The van der Waals surface area contributed by atoms with Gasteiger partial charge in [0.15, 0.2) is 0 Å². The lowest BCUT2D eigenvalue weighted by molar-refractivity contribution is 0.111. The molecular formula is C13H13NO3. The second kappa shape index (κ2) is 5.32. The third kappa shape index (κ3) is 2.74. The Bertz CT molecular complexity index is 449. The molecule has 0 atom stereocenters. The minimum atomic E-state index is -0.468. The highest BCUT2D eigenvalue weighted by atomic mass is 16.6. The van der Waals surface area contributed by atoms with Crippen LogP contribution in [0.25, 0.3) is 0 Å². The van der Waals surface area contributed by atoms with Gasteiger partial charge in [-0.2, -0.15) is 0 Å². The van der Waals surface area contributed by atoms with Gasteiger partial charge in [0.1, 0.15) is 18.2 Å². The van der Waals surface area contributed by atoms with Crippen molar-refractivity contribution in [1.82, 2.24) is 4.90 Å². The summed E-state index contributed by atoms with van der Waals surface area (Å²) in [5.41, 5.74) is 1.32. The van der Waals surface area contributed by atoms with Crippen LogP contribution < -0.4 is 0 Å². The molecule has 1 heterocycles. The molecular weight excluding hydrogens is 218 g/mol. The molecule has 1 aliphatic heterocycles. The van der Waals surface area contributed by atoms with Gasteiger partial charge in [-0.15, -0.1) is 0 Å². The normalized spacial score (nSPS) is 14.6. The molecule has 2 rings (SSSR count).